The van der Waals surface area contributed by atoms with Crippen LogP contribution in [-0.4, -0.2) is 17.8 Å². The Kier molecular flexibility index (Phi) is 3.91. The van der Waals surface area contributed by atoms with E-state index in [2.05, 4.69) is 6.92 Å². The molecule has 0 atom stereocenters. The van der Waals surface area contributed by atoms with E-state index in [4.69, 9.17) is 4.74 Å². The summed E-state index contributed by atoms with van der Waals surface area (Å²) < 4.78 is 19.0. The number of hydrogen-bond acceptors (Lipinski definition) is 2. The van der Waals surface area contributed by atoms with Crippen molar-refractivity contribution in [2.45, 2.75) is 44.6 Å². The first-order valence-corrected chi connectivity index (χ1v) is 6.58. The molecule has 1 fully saturated rings. The molecule has 2 rings (SSSR count). The third-order valence-corrected chi connectivity index (χ3v) is 3.99. The predicted molar refractivity (Wildman–Crippen MR) is 69.2 cm³/mol. The number of rotatable bonds is 3. The zero-order valence-electron chi connectivity index (χ0n) is 11.1. The molecule has 1 aliphatic carbocycles. The molecule has 1 aromatic rings. The number of halogens is 1. The van der Waals surface area contributed by atoms with Gasteiger partial charge >= 0.3 is 0 Å². The van der Waals surface area contributed by atoms with Crippen molar-refractivity contribution in [3.8, 4) is 5.75 Å². The molecule has 0 amide bonds. The zero-order chi connectivity index (χ0) is 13.2. The van der Waals surface area contributed by atoms with Crippen LogP contribution in [0.25, 0.3) is 0 Å². The molecule has 0 aliphatic heterocycles. The van der Waals surface area contributed by atoms with Gasteiger partial charge in [0.05, 0.1) is 12.7 Å². The number of aliphatic hydroxyl groups is 1. The van der Waals surface area contributed by atoms with Crippen LogP contribution >= 0.6 is 0 Å². The van der Waals surface area contributed by atoms with E-state index in [-0.39, 0.29) is 11.6 Å². The summed E-state index contributed by atoms with van der Waals surface area (Å²) in [5.41, 5.74) is -0.203. The van der Waals surface area contributed by atoms with Gasteiger partial charge in [0.15, 0.2) is 11.6 Å². The molecule has 0 aromatic heterocycles. The van der Waals surface area contributed by atoms with Crippen molar-refractivity contribution in [3.05, 3.63) is 29.6 Å². The molecule has 0 saturated heterocycles. The van der Waals surface area contributed by atoms with Crippen LogP contribution in [0.15, 0.2) is 18.2 Å². The van der Waals surface area contributed by atoms with E-state index in [1.807, 2.05) is 0 Å². The van der Waals surface area contributed by atoms with Gasteiger partial charge < -0.3 is 9.84 Å². The van der Waals surface area contributed by atoms with Crippen molar-refractivity contribution in [1.82, 2.24) is 0 Å². The molecular formula is C15H21FO2. The molecule has 1 aromatic carbocycles. The second-order valence-corrected chi connectivity index (χ2v) is 5.52. The molecular weight excluding hydrogens is 231 g/mol. The zero-order valence-corrected chi connectivity index (χ0v) is 11.1. The summed E-state index contributed by atoms with van der Waals surface area (Å²) in [4.78, 5) is 0. The minimum atomic E-state index is -0.750. The van der Waals surface area contributed by atoms with Crippen LogP contribution in [0.3, 0.4) is 0 Å². The van der Waals surface area contributed by atoms with Crippen LogP contribution in [-0.2, 0) is 6.42 Å². The number of benzene rings is 1. The Bertz CT molecular complexity index is 409. The Morgan fingerprint density at radius 1 is 1.39 bits per heavy atom. The van der Waals surface area contributed by atoms with E-state index in [1.165, 1.54) is 7.11 Å². The van der Waals surface area contributed by atoms with Gasteiger partial charge in [0.1, 0.15) is 0 Å². The molecule has 0 bridgehead atoms. The maximum atomic E-state index is 14.0. The molecule has 0 spiro atoms. The molecule has 18 heavy (non-hydrogen) atoms. The second-order valence-electron chi connectivity index (χ2n) is 5.52. The van der Waals surface area contributed by atoms with Gasteiger partial charge in [-0.15, -0.1) is 0 Å². The van der Waals surface area contributed by atoms with Crippen molar-refractivity contribution >= 4 is 0 Å². The Labute approximate surface area is 108 Å². The monoisotopic (exact) mass is 252 g/mol. The van der Waals surface area contributed by atoms with Crippen molar-refractivity contribution in [2.75, 3.05) is 7.11 Å². The van der Waals surface area contributed by atoms with Gasteiger partial charge in [-0.2, -0.15) is 0 Å². The first-order chi connectivity index (χ1) is 8.54. The standard InChI is InChI=1S/C15H21FO2/c1-11-6-8-15(17,9-7-11)10-12-4-3-5-13(18-2)14(12)16/h3-5,11,17H,6-10H2,1-2H3. The minimum Gasteiger partial charge on any atom is -0.494 e. The average Bonchev–Trinajstić information content (AvgIpc) is 2.36. The normalized spacial score (nSPS) is 28.1. The third kappa shape index (κ3) is 2.83. The molecule has 1 saturated carbocycles. The van der Waals surface area contributed by atoms with Crippen molar-refractivity contribution < 1.29 is 14.2 Å². The van der Waals surface area contributed by atoms with Gasteiger partial charge in [0, 0.05) is 6.42 Å². The lowest BCUT2D eigenvalue weighted by Crippen LogP contribution is -2.36. The molecule has 1 aliphatic rings. The predicted octanol–water partition coefficient (Wildman–Crippen LogP) is 3.32. The second kappa shape index (κ2) is 5.27. The Morgan fingerprint density at radius 2 is 2.06 bits per heavy atom. The summed E-state index contributed by atoms with van der Waals surface area (Å²) >= 11 is 0. The van der Waals surface area contributed by atoms with Crippen molar-refractivity contribution in [3.63, 3.8) is 0 Å². The van der Waals surface area contributed by atoms with Gasteiger partial charge in [-0.1, -0.05) is 19.1 Å². The lowest BCUT2D eigenvalue weighted by molar-refractivity contribution is -0.00736. The Morgan fingerprint density at radius 3 is 2.67 bits per heavy atom. The number of methoxy groups -OCH3 is 1. The Balaban J connectivity index is 2.14. The largest absolute Gasteiger partial charge is 0.494 e. The van der Waals surface area contributed by atoms with E-state index in [1.54, 1.807) is 18.2 Å². The molecule has 0 radical (unpaired) electrons. The molecule has 0 unspecified atom stereocenters. The summed E-state index contributed by atoms with van der Waals surface area (Å²) in [5, 5.41) is 10.5. The van der Waals surface area contributed by atoms with E-state index >= 15 is 0 Å². The van der Waals surface area contributed by atoms with Gasteiger partial charge in [0.25, 0.3) is 0 Å². The van der Waals surface area contributed by atoms with Crippen LogP contribution in [0.5, 0.6) is 5.75 Å². The molecule has 100 valence electrons. The van der Waals surface area contributed by atoms with Crippen LogP contribution < -0.4 is 4.74 Å². The number of hydrogen-bond donors (Lipinski definition) is 1. The quantitative estimate of drug-likeness (QED) is 0.894. The molecule has 3 heteroatoms. The van der Waals surface area contributed by atoms with Gasteiger partial charge in [-0.3, -0.25) is 0 Å². The lowest BCUT2D eigenvalue weighted by atomic mass is 9.76. The summed E-state index contributed by atoms with van der Waals surface area (Å²) in [5.74, 6) is 0.577. The van der Waals surface area contributed by atoms with Gasteiger partial charge in [-0.05, 0) is 43.2 Å². The van der Waals surface area contributed by atoms with Crippen molar-refractivity contribution in [1.29, 1.82) is 0 Å². The average molecular weight is 252 g/mol. The fourth-order valence-corrected chi connectivity index (χ4v) is 2.68. The maximum Gasteiger partial charge on any atom is 0.168 e. The SMILES string of the molecule is COc1cccc(CC2(O)CCC(C)CC2)c1F. The molecule has 1 N–H and O–H groups in total. The van der Waals surface area contributed by atoms with Crippen LogP contribution in [0.2, 0.25) is 0 Å². The van der Waals surface area contributed by atoms with Crippen LogP contribution in [0.4, 0.5) is 4.39 Å². The van der Waals surface area contributed by atoms with E-state index < -0.39 is 5.60 Å². The first-order valence-electron chi connectivity index (χ1n) is 6.58. The van der Waals surface area contributed by atoms with Crippen molar-refractivity contribution in [2.24, 2.45) is 5.92 Å². The fraction of sp³-hybridized carbons (Fsp3) is 0.600. The summed E-state index contributed by atoms with van der Waals surface area (Å²) in [6.07, 6.45) is 3.92. The number of ether oxygens (including phenoxy) is 1. The maximum absolute atomic E-state index is 14.0. The molecule has 2 nitrogen and oxygen atoms in total. The van der Waals surface area contributed by atoms with E-state index in [0.29, 0.717) is 17.9 Å². The third-order valence-electron chi connectivity index (χ3n) is 3.99. The highest BCUT2D eigenvalue weighted by Crippen LogP contribution is 2.35. The highest BCUT2D eigenvalue weighted by Gasteiger charge is 2.32. The van der Waals surface area contributed by atoms with Crippen LogP contribution in [0, 0.1) is 11.7 Å². The Hall–Kier alpha value is -1.09. The summed E-state index contributed by atoms with van der Waals surface area (Å²) in [6, 6.07) is 5.10. The summed E-state index contributed by atoms with van der Waals surface area (Å²) in [6.45, 7) is 2.20. The summed E-state index contributed by atoms with van der Waals surface area (Å²) in [7, 11) is 1.46. The highest BCUT2D eigenvalue weighted by atomic mass is 19.1. The first kappa shape index (κ1) is 13.3. The van der Waals surface area contributed by atoms with Gasteiger partial charge in [0.2, 0.25) is 0 Å². The smallest absolute Gasteiger partial charge is 0.168 e. The topological polar surface area (TPSA) is 29.5 Å². The minimum absolute atomic E-state index is 0.250. The van der Waals surface area contributed by atoms with Crippen LogP contribution in [0.1, 0.15) is 38.2 Å². The van der Waals surface area contributed by atoms with E-state index in [0.717, 1.165) is 25.7 Å². The van der Waals surface area contributed by atoms with Gasteiger partial charge in [-0.25, -0.2) is 4.39 Å². The highest BCUT2D eigenvalue weighted by molar-refractivity contribution is 5.32. The molecule has 0 heterocycles. The lowest BCUT2D eigenvalue weighted by Gasteiger charge is -2.35. The fourth-order valence-electron chi connectivity index (χ4n) is 2.68. The van der Waals surface area contributed by atoms with E-state index in [9.17, 15) is 9.50 Å².